The van der Waals surface area contributed by atoms with Gasteiger partial charge in [-0.3, -0.25) is 0 Å². The van der Waals surface area contributed by atoms with Crippen LogP contribution in [0.1, 0.15) is 53.9 Å². The largest absolute Gasteiger partial charge is 0.234 e. The second kappa shape index (κ2) is 7.67. The molecule has 0 rings (SSSR count). The predicted molar refractivity (Wildman–Crippen MR) is 83.4 cm³/mol. The van der Waals surface area contributed by atoms with Crippen LogP contribution in [0, 0.1) is 5.92 Å². The Balaban J connectivity index is 4.79. The van der Waals surface area contributed by atoms with Crippen LogP contribution in [0.25, 0.3) is 0 Å². The first-order valence-corrected chi connectivity index (χ1v) is 7.51. The third kappa shape index (κ3) is 6.90. The molecule has 0 heterocycles. The quantitative estimate of drug-likeness (QED) is 0.495. The fourth-order valence-electron chi connectivity index (χ4n) is 1.46. The number of hydrogen-bond acceptors (Lipinski definition) is 1. The van der Waals surface area contributed by atoms with Crippen LogP contribution < -0.4 is 0 Å². The van der Waals surface area contributed by atoms with Crippen molar-refractivity contribution in [2.75, 3.05) is 0 Å². The van der Waals surface area contributed by atoms with E-state index in [1.54, 1.807) is 0 Å². The van der Waals surface area contributed by atoms with Gasteiger partial charge in [-0.1, -0.05) is 11.6 Å². The first-order valence-electron chi connectivity index (χ1n) is 6.41. The second-order valence-electron chi connectivity index (χ2n) is 5.81. The Kier molecular flexibility index (Phi) is 7.37. The highest BCUT2D eigenvalue weighted by Crippen LogP contribution is 2.20. The number of hydrogen-bond donors (Lipinski definition) is 0. The van der Waals surface area contributed by atoms with Crippen LogP contribution in [0.4, 0.5) is 0 Å². The maximum Gasteiger partial charge on any atom is 0.144 e. The molecule has 0 unspecified atom stereocenters. The minimum Gasteiger partial charge on any atom is -0.234 e. The van der Waals surface area contributed by atoms with Gasteiger partial charge >= 0.3 is 0 Å². The SMILES string of the molecule is C=CC[C@@H](CCC(=C)C)/C(C)=N/[S@](=O)C(C)(C)C. The molecule has 0 aromatic carbocycles. The second-order valence-corrected chi connectivity index (χ2v) is 7.72. The summed E-state index contributed by atoms with van der Waals surface area (Å²) in [6.07, 6.45) is 4.76. The van der Waals surface area contributed by atoms with E-state index in [0.717, 1.165) is 25.0 Å². The zero-order chi connectivity index (χ0) is 14.3. The Bertz CT molecular complexity index is 350. The summed E-state index contributed by atoms with van der Waals surface area (Å²) in [4.78, 5) is 0. The van der Waals surface area contributed by atoms with E-state index in [1.165, 1.54) is 5.57 Å². The highest BCUT2D eigenvalue weighted by molar-refractivity contribution is 7.85. The molecule has 0 aliphatic rings. The van der Waals surface area contributed by atoms with Gasteiger partial charge in [-0.25, -0.2) is 4.21 Å². The summed E-state index contributed by atoms with van der Waals surface area (Å²) in [6.45, 7) is 17.5. The van der Waals surface area contributed by atoms with E-state index in [2.05, 4.69) is 17.6 Å². The molecule has 0 aliphatic heterocycles. The molecule has 0 aromatic rings. The molecule has 0 amide bonds. The zero-order valence-electron chi connectivity index (χ0n) is 12.5. The molecule has 2 atom stereocenters. The van der Waals surface area contributed by atoms with Crippen LogP contribution >= 0.6 is 0 Å². The van der Waals surface area contributed by atoms with Crippen molar-refractivity contribution in [2.24, 2.45) is 10.3 Å². The lowest BCUT2D eigenvalue weighted by molar-refractivity contribution is 0.626. The minimum atomic E-state index is -1.17. The fourth-order valence-corrected chi connectivity index (χ4v) is 2.15. The van der Waals surface area contributed by atoms with Crippen molar-refractivity contribution in [1.29, 1.82) is 0 Å². The Morgan fingerprint density at radius 3 is 2.33 bits per heavy atom. The van der Waals surface area contributed by atoms with Gasteiger partial charge in [0, 0.05) is 11.6 Å². The minimum absolute atomic E-state index is 0.297. The van der Waals surface area contributed by atoms with Gasteiger partial charge in [0.1, 0.15) is 11.0 Å². The van der Waals surface area contributed by atoms with E-state index < -0.39 is 11.0 Å². The maximum absolute atomic E-state index is 12.0. The van der Waals surface area contributed by atoms with Crippen molar-refractivity contribution in [3.8, 4) is 0 Å². The summed E-state index contributed by atoms with van der Waals surface area (Å²) in [5.41, 5.74) is 2.14. The van der Waals surface area contributed by atoms with Crippen molar-refractivity contribution in [1.82, 2.24) is 0 Å². The smallest absolute Gasteiger partial charge is 0.144 e. The summed E-state index contributed by atoms with van der Waals surface area (Å²) in [7, 11) is -1.17. The molecule has 0 fully saturated rings. The van der Waals surface area contributed by atoms with Crippen LogP contribution in [0.15, 0.2) is 29.2 Å². The average molecular weight is 269 g/mol. The Morgan fingerprint density at radius 2 is 1.94 bits per heavy atom. The van der Waals surface area contributed by atoms with Crippen LogP contribution in [-0.4, -0.2) is 14.7 Å². The van der Waals surface area contributed by atoms with E-state index in [-0.39, 0.29) is 4.75 Å². The van der Waals surface area contributed by atoms with Crippen LogP contribution in [-0.2, 0) is 11.0 Å². The van der Waals surface area contributed by atoms with Gasteiger partial charge in [-0.05, 0) is 53.9 Å². The van der Waals surface area contributed by atoms with Gasteiger partial charge in [-0.15, -0.1) is 13.2 Å². The summed E-state index contributed by atoms with van der Waals surface area (Å²) in [6, 6.07) is 0. The highest BCUT2D eigenvalue weighted by atomic mass is 32.2. The van der Waals surface area contributed by atoms with Gasteiger partial charge < -0.3 is 0 Å². The zero-order valence-corrected chi connectivity index (χ0v) is 13.3. The molecular formula is C15H27NOS. The average Bonchev–Trinajstić information content (AvgIpc) is 2.22. The molecule has 0 saturated heterocycles. The molecule has 0 spiro atoms. The molecule has 0 aliphatic carbocycles. The molecule has 0 bridgehead atoms. The number of rotatable bonds is 7. The summed E-state index contributed by atoms with van der Waals surface area (Å²) in [5, 5.41) is 0. The van der Waals surface area contributed by atoms with Crippen molar-refractivity contribution >= 4 is 16.7 Å². The molecule has 0 N–H and O–H groups in total. The molecule has 0 saturated carbocycles. The highest BCUT2D eigenvalue weighted by Gasteiger charge is 2.20. The molecule has 104 valence electrons. The van der Waals surface area contributed by atoms with Crippen molar-refractivity contribution in [3.63, 3.8) is 0 Å². The van der Waals surface area contributed by atoms with E-state index in [0.29, 0.717) is 5.92 Å². The monoisotopic (exact) mass is 269 g/mol. The molecular weight excluding hydrogens is 242 g/mol. The van der Waals surface area contributed by atoms with Gasteiger partial charge in [0.2, 0.25) is 0 Å². The third-order valence-corrected chi connectivity index (χ3v) is 4.21. The van der Waals surface area contributed by atoms with Crippen LogP contribution in [0.2, 0.25) is 0 Å². The molecule has 0 radical (unpaired) electrons. The molecule has 0 aromatic heterocycles. The topological polar surface area (TPSA) is 29.4 Å². The van der Waals surface area contributed by atoms with Gasteiger partial charge in [-0.2, -0.15) is 4.40 Å². The van der Waals surface area contributed by atoms with Crippen LogP contribution in [0.3, 0.4) is 0 Å². The van der Waals surface area contributed by atoms with Crippen molar-refractivity contribution < 1.29 is 4.21 Å². The lowest BCUT2D eigenvalue weighted by atomic mass is 9.93. The summed E-state index contributed by atoms with van der Waals surface area (Å²) < 4.78 is 16.1. The van der Waals surface area contributed by atoms with Gasteiger partial charge in [0.25, 0.3) is 0 Å². The van der Waals surface area contributed by atoms with E-state index in [1.807, 2.05) is 40.7 Å². The van der Waals surface area contributed by atoms with Gasteiger partial charge in [0.05, 0.1) is 4.75 Å². The predicted octanol–water partition coefficient (Wildman–Crippen LogP) is 4.46. The standard InChI is InChI=1S/C15H27NOS/c1-8-9-14(11-10-12(2)3)13(4)16-18(17)15(5,6)7/h8,14H,1-2,9-11H2,3-7H3/b16-13+/t14-,18+/m0/s1. The lowest BCUT2D eigenvalue weighted by Crippen LogP contribution is -2.22. The van der Waals surface area contributed by atoms with Crippen molar-refractivity contribution in [2.45, 2.75) is 58.6 Å². The third-order valence-electron chi connectivity index (χ3n) is 2.71. The maximum atomic E-state index is 12.0. The first-order chi connectivity index (χ1) is 8.18. The summed E-state index contributed by atoms with van der Waals surface area (Å²) >= 11 is 0. The Labute approximate surface area is 115 Å². The lowest BCUT2D eigenvalue weighted by Gasteiger charge is -2.18. The van der Waals surface area contributed by atoms with E-state index in [9.17, 15) is 4.21 Å². The number of nitrogens with zero attached hydrogens (tertiary/aromatic N) is 1. The van der Waals surface area contributed by atoms with Crippen molar-refractivity contribution in [3.05, 3.63) is 24.8 Å². The van der Waals surface area contributed by atoms with E-state index >= 15 is 0 Å². The normalized spacial score (nSPS) is 16.2. The fraction of sp³-hybridized carbons (Fsp3) is 0.667. The molecule has 18 heavy (non-hydrogen) atoms. The number of allylic oxidation sites excluding steroid dienone is 2. The summed E-state index contributed by atoms with van der Waals surface area (Å²) in [5.74, 6) is 0.325. The molecule has 3 heteroatoms. The van der Waals surface area contributed by atoms with E-state index in [4.69, 9.17) is 0 Å². The molecule has 2 nitrogen and oxygen atoms in total. The Hall–Kier alpha value is -0.700. The van der Waals surface area contributed by atoms with Gasteiger partial charge in [0.15, 0.2) is 0 Å². The Morgan fingerprint density at radius 1 is 1.39 bits per heavy atom. The first kappa shape index (κ1) is 17.3. The van der Waals surface area contributed by atoms with Crippen LogP contribution in [0.5, 0.6) is 0 Å².